The van der Waals surface area contributed by atoms with E-state index >= 15 is 0 Å². The molecular formula is C24H34N2O4S. The second-order valence-corrected chi connectivity index (χ2v) is 10.4. The van der Waals surface area contributed by atoms with Crippen LogP contribution in [0.3, 0.4) is 0 Å². The number of hydrogen-bond donors (Lipinski definition) is 0. The SMILES string of the molecule is COc1cc(OC)cc(C(=O)N2CCSC23CCN(C(=O)CCC2CCCC2)CC3)c1. The Morgan fingerprint density at radius 3 is 2.29 bits per heavy atom. The molecule has 1 aliphatic carbocycles. The normalized spacial score (nSPS) is 21.0. The number of benzene rings is 1. The van der Waals surface area contributed by atoms with Crippen LogP contribution in [0, 0.1) is 5.92 Å². The van der Waals surface area contributed by atoms with E-state index in [9.17, 15) is 9.59 Å². The molecule has 0 N–H and O–H groups in total. The number of nitrogens with zero attached hydrogens (tertiary/aromatic N) is 2. The Bertz CT molecular complexity index is 779. The van der Waals surface area contributed by atoms with Gasteiger partial charge in [-0.1, -0.05) is 25.7 Å². The van der Waals surface area contributed by atoms with Crippen LogP contribution >= 0.6 is 11.8 Å². The van der Waals surface area contributed by atoms with Crippen molar-refractivity contribution in [1.29, 1.82) is 0 Å². The highest BCUT2D eigenvalue weighted by Crippen LogP contribution is 2.45. The van der Waals surface area contributed by atoms with Gasteiger partial charge in [-0.2, -0.15) is 0 Å². The Morgan fingerprint density at radius 1 is 1.03 bits per heavy atom. The van der Waals surface area contributed by atoms with E-state index in [1.54, 1.807) is 32.4 Å². The van der Waals surface area contributed by atoms with E-state index < -0.39 is 0 Å². The molecule has 2 aliphatic heterocycles. The number of hydrogen-bond acceptors (Lipinski definition) is 5. The molecular weight excluding hydrogens is 412 g/mol. The van der Waals surface area contributed by atoms with Crippen molar-refractivity contribution >= 4 is 23.6 Å². The van der Waals surface area contributed by atoms with Crippen molar-refractivity contribution in [2.75, 3.05) is 39.6 Å². The van der Waals surface area contributed by atoms with Crippen LogP contribution in [0.2, 0.25) is 0 Å². The second kappa shape index (κ2) is 9.72. The fraction of sp³-hybridized carbons (Fsp3) is 0.667. The summed E-state index contributed by atoms with van der Waals surface area (Å²) >= 11 is 1.87. The van der Waals surface area contributed by atoms with Gasteiger partial charge >= 0.3 is 0 Å². The summed E-state index contributed by atoms with van der Waals surface area (Å²) in [7, 11) is 3.19. The maximum atomic E-state index is 13.4. The topological polar surface area (TPSA) is 59.1 Å². The predicted octanol–water partition coefficient (Wildman–Crippen LogP) is 4.18. The Morgan fingerprint density at radius 2 is 1.68 bits per heavy atom. The quantitative estimate of drug-likeness (QED) is 0.656. The van der Waals surface area contributed by atoms with E-state index in [0.29, 0.717) is 29.4 Å². The summed E-state index contributed by atoms with van der Waals surface area (Å²) in [4.78, 5) is 30.0. The van der Waals surface area contributed by atoms with Crippen LogP contribution in [0.5, 0.6) is 11.5 Å². The van der Waals surface area contributed by atoms with Gasteiger partial charge in [0.05, 0.1) is 19.1 Å². The number of ether oxygens (including phenoxy) is 2. The zero-order valence-electron chi connectivity index (χ0n) is 18.7. The Balaban J connectivity index is 1.39. The third-order valence-corrected chi connectivity index (χ3v) is 8.71. The molecule has 4 rings (SSSR count). The van der Waals surface area contributed by atoms with Crippen LogP contribution in [0.1, 0.15) is 61.7 Å². The molecule has 2 heterocycles. The average molecular weight is 447 g/mol. The molecule has 1 aromatic rings. The van der Waals surface area contributed by atoms with Crippen LogP contribution in [-0.4, -0.2) is 66.1 Å². The largest absolute Gasteiger partial charge is 0.497 e. The first-order chi connectivity index (χ1) is 15.0. The van der Waals surface area contributed by atoms with Gasteiger partial charge in [-0.05, 0) is 37.3 Å². The van der Waals surface area contributed by atoms with Gasteiger partial charge in [-0.25, -0.2) is 0 Å². The lowest BCUT2D eigenvalue weighted by atomic mass is 9.98. The maximum Gasteiger partial charge on any atom is 0.255 e. The van der Waals surface area contributed by atoms with Crippen LogP contribution < -0.4 is 9.47 Å². The van der Waals surface area contributed by atoms with E-state index in [4.69, 9.17) is 9.47 Å². The third kappa shape index (κ3) is 4.81. The molecule has 0 bridgehead atoms. The molecule has 170 valence electrons. The van der Waals surface area contributed by atoms with Gasteiger partial charge < -0.3 is 19.3 Å². The first kappa shape index (κ1) is 22.3. The summed E-state index contributed by atoms with van der Waals surface area (Å²) in [6.07, 6.45) is 8.61. The molecule has 0 radical (unpaired) electrons. The molecule has 1 spiro atoms. The standard InChI is InChI=1S/C24H34N2O4S/c1-29-20-15-19(16-21(17-20)30-2)23(28)26-13-14-31-24(26)9-11-25(12-10-24)22(27)8-7-18-5-3-4-6-18/h15-18H,3-14H2,1-2H3. The molecule has 3 aliphatic rings. The van der Waals surface area contributed by atoms with E-state index in [0.717, 1.165) is 50.6 Å². The highest BCUT2D eigenvalue weighted by Gasteiger charge is 2.47. The number of likely N-dealkylation sites (tertiary alicyclic amines) is 1. The molecule has 0 unspecified atom stereocenters. The summed E-state index contributed by atoms with van der Waals surface area (Å²) in [5.41, 5.74) is 0.591. The number of rotatable bonds is 6. The van der Waals surface area contributed by atoms with Crippen LogP contribution in [-0.2, 0) is 4.79 Å². The number of methoxy groups -OCH3 is 2. The Kier molecular flexibility index (Phi) is 6.99. The lowest BCUT2D eigenvalue weighted by Crippen LogP contribution is -2.53. The van der Waals surface area contributed by atoms with Gasteiger partial charge in [-0.3, -0.25) is 9.59 Å². The van der Waals surface area contributed by atoms with Gasteiger partial charge in [-0.15, -0.1) is 11.8 Å². The van der Waals surface area contributed by atoms with E-state index in [2.05, 4.69) is 0 Å². The molecule has 3 fully saturated rings. The fourth-order valence-electron chi connectivity index (χ4n) is 5.29. The zero-order chi connectivity index (χ0) is 21.8. The molecule has 0 aromatic heterocycles. The van der Waals surface area contributed by atoms with Crippen LogP contribution in [0.15, 0.2) is 18.2 Å². The molecule has 2 saturated heterocycles. The Hall–Kier alpha value is -1.89. The Labute approximate surface area is 189 Å². The number of thioether (sulfide) groups is 1. The minimum atomic E-state index is -0.213. The minimum Gasteiger partial charge on any atom is -0.497 e. The smallest absolute Gasteiger partial charge is 0.255 e. The van der Waals surface area contributed by atoms with E-state index in [1.807, 2.05) is 21.6 Å². The molecule has 1 saturated carbocycles. The van der Waals surface area contributed by atoms with Gasteiger partial charge in [0.15, 0.2) is 0 Å². The maximum absolute atomic E-state index is 13.4. The summed E-state index contributed by atoms with van der Waals surface area (Å²) < 4.78 is 10.7. The summed E-state index contributed by atoms with van der Waals surface area (Å²) in [6.45, 7) is 2.21. The van der Waals surface area contributed by atoms with Crippen LogP contribution in [0.4, 0.5) is 0 Å². The van der Waals surface area contributed by atoms with Crippen molar-refractivity contribution in [3.8, 4) is 11.5 Å². The first-order valence-electron chi connectivity index (χ1n) is 11.5. The minimum absolute atomic E-state index is 0.0169. The van der Waals surface area contributed by atoms with Crippen LogP contribution in [0.25, 0.3) is 0 Å². The van der Waals surface area contributed by atoms with Crippen molar-refractivity contribution in [1.82, 2.24) is 9.80 Å². The molecule has 31 heavy (non-hydrogen) atoms. The van der Waals surface area contributed by atoms with E-state index in [1.165, 1.54) is 25.7 Å². The summed E-state index contributed by atoms with van der Waals surface area (Å²) in [5.74, 6) is 3.22. The average Bonchev–Trinajstić information content (AvgIpc) is 3.47. The van der Waals surface area contributed by atoms with Crippen molar-refractivity contribution in [3.63, 3.8) is 0 Å². The van der Waals surface area contributed by atoms with Gasteiger partial charge in [0.1, 0.15) is 11.5 Å². The second-order valence-electron chi connectivity index (χ2n) is 8.92. The number of carbonyl (C=O) groups excluding carboxylic acids is 2. The van der Waals surface area contributed by atoms with Crippen molar-refractivity contribution in [2.24, 2.45) is 5.92 Å². The van der Waals surface area contributed by atoms with Gasteiger partial charge in [0.25, 0.3) is 5.91 Å². The molecule has 2 amide bonds. The molecule has 6 nitrogen and oxygen atoms in total. The highest BCUT2D eigenvalue weighted by atomic mass is 32.2. The first-order valence-corrected chi connectivity index (χ1v) is 12.5. The number of carbonyl (C=O) groups is 2. The lowest BCUT2D eigenvalue weighted by Gasteiger charge is -2.44. The third-order valence-electron chi connectivity index (χ3n) is 7.16. The summed E-state index contributed by atoms with van der Waals surface area (Å²) in [5, 5.41) is 0. The molecule has 1 aromatic carbocycles. The van der Waals surface area contributed by atoms with E-state index in [-0.39, 0.29) is 10.8 Å². The zero-order valence-corrected chi connectivity index (χ0v) is 19.5. The summed E-state index contributed by atoms with van der Waals surface area (Å²) in [6, 6.07) is 5.34. The van der Waals surface area contributed by atoms with Crippen molar-refractivity contribution in [2.45, 2.75) is 56.2 Å². The van der Waals surface area contributed by atoms with Crippen molar-refractivity contribution in [3.05, 3.63) is 23.8 Å². The number of amides is 2. The highest BCUT2D eigenvalue weighted by molar-refractivity contribution is 8.00. The fourth-order valence-corrected chi connectivity index (χ4v) is 6.74. The number of piperidine rings is 1. The molecule has 0 atom stereocenters. The lowest BCUT2D eigenvalue weighted by molar-refractivity contribution is -0.133. The van der Waals surface area contributed by atoms with Gasteiger partial charge in [0.2, 0.25) is 5.91 Å². The van der Waals surface area contributed by atoms with Crippen molar-refractivity contribution < 1.29 is 19.1 Å². The van der Waals surface area contributed by atoms with Gasteiger partial charge in [0, 0.05) is 43.4 Å². The predicted molar refractivity (Wildman–Crippen MR) is 123 cm³/mol. The molecule has 7 heteroatoms. The monoisotopic (exact) mass is 446 g/mol.